The summed E-state index contributed by atoms with van der Waals surface area (Å²) >= 11 is 0. The topological polar surface area (TPSA) is 70.7 Å². The number of nitrogens with one attached hydrogen (secondary N) is 2. The second-order valence-corrected chi connectivity index (χ2v) is 7.21. The van der Waals surface area contributed by atoms with E-state index in [4.69, 9.17) is 4.74 Å². The normalized spacial score (nSPS) is 13.2. The number of nitrogens with zero attached hydrogens (tertiary/aromatic N) is 1. The molecule has 2 amide bonds. The van der Waals surface area contributed by atoms with Gasteiger partial charge < -0.3 is 20.3 Å². The molecule has 6 heteroatoms. The molecule has 0 aliphatic carbocycles. The number of ether oxygens (including phenoxy) is 1. The minimum absolute atomic E-state index is 0.0246. The molecule has 1 aliphatic rings. The molecule has 1 fully saturated rings. The van der Waals surface area contributed by atoms with Crippen molar-refractivity contribution >= 4 is 23.2 Å². The van der Waals surface area contributed by atoms with Gasteiger partial charge in [0.2, 0.25) is 5.91 Å². The Morgan fingerprint density at radius 2 is 1.79 bits per heavy atom. The molecule has 0 radical (unpaired) electrons. The molecule has 29 heavy (non-hydrogen) atoms. The number of hydrogen-bond donors (Lipinski definition) is 2. The summed E-state index contributed by atoms with van der Waals surface area (Å²) in [6.07, 6.45) is 4.21. The molecule has 2 aromatic rings. The molecule has 1 aliphatic heterocycles. The molecule has 0 unspecified atom stereocenters. The van der Waals surface area contributed by atoms with E-state index >= 15 is 0 Å². The van der Waals surface area contributed by atoms with Crippen LogP contribution in [-0.2, 0) is 4.79 Å². The van der Waals surface area contributed by atoms with Crippen molar-refractivity contribution in [3.8, 4) is 5.75 Å². The van der Waals surface area contributed by atoms with Crippen molar-refractivity contribution in [3.63, 3.8) is 0 Å². The molecule has 1 saturated heterocycles. The second kappa shape index (κ2) is 10.5. The molecule has 6 nitrogen and oxygen atoms in total. The highest BCUT2D eigenvalue weighted by Crippen LogP contribution is 2.18. The molecule has 1 heterocycles. The summed E-state index contributed by atoms with van der Waals surface area (Å²) in [6.45, 7) is 4.55. The highest BCUT2D eigenvalue weighted by Gasteiger charge is 2.19. The van der Waals surface area contributed by atoms with E-state index in [1.54, 1.807) is 24.3 Å². The quantitative estimate of drug-likeness (QED) is 0.626. The Hall–Kier alpha value is -3.02. The number of carbonyl (C=O) groups is 2. The Morgan fingerprint density at radius 1 is 1.03 bits per heavy atom. The van der Waals surface area contributed by atoms with Crippen LogP contribution in [0.25, 0.3) is 0 Å². The van der Waals surface area contributed by atoms with Gasteiger partial charge in [-0.15, -0.1) is 0 Å². The lowest BCUT2D eigenvalue weighted by Gasteiger charge is -2.16. The zero-order valence-electron chi connectivity index (χ0n) is 16.9. The van der Waals surface area contributed by atoms with Crippen LogP contribution >= 0.6 is 0 Å². The Labute approximate surface area is 172 Å². The fourth-order valence-electron chi connectivity index (χ4n) is 3.25. The van der Waals surface area contributed by atoms with Crippen molar-refractivity contribution in [1.29, 1.82) is 0 Å². The third kappa shape index (κ3) is 6.24. The third-order valence-electron chi connectivity index (χ3n) is 4.84. The lowest BCUT2D eigenvalue weighted by Crippen LogP contribution is -2.27. The molecular weight excluding hydrogens is 366 g/mol. The molecular formula is C23H29N3O3. The first-order chi connectivity index (χ1) is 14.2. The number of carbonyl (C=O) groups excluding carboxylic acids is 2. The number of likely N-dealkylation sites (tertiary alicyclic amines) is 1. The number of unbranched alkanes of at least 4 members (excludes halogenated alkanes) is 1. The summed E-state index contributed by atoms with van der Waals surface area (Å²) in [4.78, 5) is 26.7. The maximum atomic E-state index is 12.5. The van der Waals surface area contributed by atoms with Crippen molar-refractivity contribution in [2.75, 3.05) is 36.9 Å². The van der Waals surface area contributed by atoms with Crippen LogP contribution in [0.3, 0.4) is 0 Å². The standard InChI is InChI=1S/C23H29N3O3/c1-2-3-14-29-21-11-7-9-19(16-21)24-17-22(27)25-20-10-6-8-18(15-20)23(28)26-12-4-5-13-26/h6-11,15-16,24H,2-5,12-14,17H2,1H3,(H,25,27). The van der Waals surface area contributed by atoms with E-state index in [-0.39, 0.29) is 18.4 Å². The zero-order chi connectivity index (χ0) is 20.5. The van der Waals surface area contributed by atoms with Crippen molar-refractivity contribution in [1.82, 2.24) is 4.90 Å². The lowest BCUT2D eigenvalue weighted by molar-refractivity contribution is -0.114. The maximum Gasteiger partial charge on any atom is 0.253 e. The third-order valence-corrected chi connectivity index (χ3v) is 4.84. The fourth-order valence-corrected chi connectivity index (χ4v) is 3.25. The van der Waals surface area contributed by atoms with E-state index in [9.17, 15) is 9.59 Å². The van der Waals surface area contributed by atoms with Gasteiger partial charge in [-0.05, 0) is 49.6 Å². The average Bonchev–Trinajstić information content (AvgIpc) is 3.27. The van der Waals surface area contributed by atoms with E-state index in [0.717, 1.165) is 50.2 Å². The van der Waals surface area contributed by atoms with E-state index in [0.29, 0.717) is 17.9 Å². The van der Waals surface area contributed by atoms with Crippen molar-refractivity contribution < 1.29 is 14.3 Å². The molecule has 0 atom stereocenters. The first-order valence-corrected chi connectivity index (χ1v) is 10.3. The Bertz CT molecular complexity index is 832. The summed E-state index contributed by atoms with van der Waals surface area (Å²) in [5, 5.41) is 5.96. The first-order valence-electron chi connectivity index (χ1n) is 10.3. The van der Waals surface area contributed by atoms with Crippen LogP contribution in [0, 0.1) is 0 Å². The highest BCUT2D eigenvalue weighted by molar-refractivity contribution is 5.98. The Morgan fingerprint density at radius 3 is 2.59 bits per heavy atom. The minimum atomic E-state index is -0.173. The highest BCUT2D eigenvalue weighted by atomic mass is 16.5. The summed E-state index contributed by atoms with van der Waals surface area (Å²) in [7, 11) is 0. The van der Waals surface area contributed by atoms with Crippen molar-refractivity contribution in [2.24, 2.45) is 0 Å². The van der Waals surface area contributed by atoms with Gasteiger partial charge in [0.1, 0.15) is 5.75 Å². The predicted octanol–water partition coefficient (Wildman–Crippen LogP) is 4.15. The lowest BCUT2D eigenvalue weighted by atomic mass is 10.1. The number of amides is 2. The van der Waals surface area contributed by atoms with Gasteiger partial charge in [-0.1, -0.05) is 25.5 Å². The van der Waals surface area contributed by atoms with Gasteiger partial charge in [0.05, 0.1) is 13.2 Å². The van der Waals surface area contributed by atoms with E-state index in [1.807, 2.05) is 29.2 Å². The second-order valence-electron chi connectivity index (χ2n) is 7.21. The zero-order valence-corrected chi connectivity index (χ0v) is 16.9. The van der Waals surface area contributed by atoms with Crippen LogP contribution in [0.5, 0.6) is 5.75 Å². The van der Waals surface area contributed by atoms with E-state index in [1.165, 1.54) is 0 Å². The van der Waals surface area contributed by atoms with Gasteiger partial charge in [0, 0.05) is 36.1 Å². The Kier molecular flexibility index (Phi) is 7.50. The summed E-state index contributed by atoms with van der Waals surface area (Å²) in [5.74, 6) is 0.640. The van der Waals surface area contributed by atoms with Crippen LogP contribution in [0.1, 0.15) is 43.0 Å². The largest absolute Gasteiger partial charge is 0.494 e. The van der Waals surface area contributed by atoms with Crippen LogP contribution in [0.4, 0.5) is 11.4 Å². The first kappa shape index (κ1) is 20.7. The minimum Gasteiger partial charge on any atom is -0.494 e. The average molecular weight is 396 g/mol. The number of rotatable bonds is 9. The number of anilines is 2. The molecule has 0 bridgehead atoms. The van der Waals surface area contributed by atoms with Crippen LogP contribution in [0.2, 0.25) is 0 Å². The summed E-state index contributed by atoms with van der Waals surface area (Å²) in [6, 6.07) is 14.7. The fraction of sp³-hybridized carbons (Fsp3) is 0.391. The SMILES string of the molecule is CCCCOc1cccc(NCC(=O)Nc2cccc(C(=O)N3CCCC3)c2)c1. The maximum absolute atomic E-state index is 12.5. The summed E-state index contributed by atoms with van der Waals surface area (Å²) < 4.78 is 5.69. The number of hydrogen-bond acceptors (Lipinski definition) is 4. The monoisotopic (exact) mass is 395 g/mol. The molecule has 3 rings (SSSR count). The molecule has 0 saturated carbocycles. The van der Waals surface area contributed by atoms with E-state index < -0.39 is 0 Å². The van der Waals surface area contributed by atoms with Crippen molar-refractivity contribution in [3.05, 3.63) is 54.1 Å². The van der Waals surface area contributed by atoms with Gasteiger partial charge in [0.25, 0.3) is 5.91 Å². The molecule has 0 aromatic heterocycles. The van der Waals surface area contributed by atoms with Crippen LogP contribution in [0.15, 0.2) is 48.5 Å². The number of benzene rings is 2. The van der Waals surface area contributed by atoms with Gasteiger partial charge in [-0.25, -0.2) is 0 Å². The smallest absolute Gasteiger partial charge is 0.253 e. The molecule has 0 spiro atoms. The van der Waals surface area contributed by atoms with Gasteiger partial charge >= 0.3 is 0 Å². The predicted molar refractivity (Wildman–Crippen MR) is 116 cm³/mol. The molecule has 154 valence electrons. The van der Waals surface area contributed by atoms with Crippen LogP contribution < -0.4 is 15.4 Å². The Balaban J connectivity index is 1.51. The molecule has 2 N–H and O–H groups in total. The van der Waals surface area contributed by atoms with E-state index in [2.05, 4.69) is 17.6 Å². The van der Waals surface area contributed by atoms with Gasteiger partial charge in [-0.3, -0.25) is 9.59 Å². The van der Waals surface area contributed by atoms with Gasteiger partial charge in [0.15, 0.2) is 0 Å². The molecule has 2 aromatic carbocycles. The van der Waals surface area contributed by atoms with Crippen LogP contribution in [-0.4, -0.2) is 43.0 Å². The van der Waals surface area contributed by atoms with Gasteiger partial charge in [-0.2, -0.15) is 0 Å². The van der Waals surface area contributed by atoms with Crippen molar-refractivity contribution in [2.45, 2.75) is 32.6 Å². The summed E-state index contributed by atoms with van der Waals surface area (Å²) in [5.41, 5.74) is 2.06.